The van der Waals surface area contributed by atoms with Gasteiger partial charge in [0, 0.05) is 6.54 Å². The van der Waals surface area contributed by atoms with Crippen LogP contribution in [0.2, 0.25) is 0 Å². The molecule has 0 aromatic heterocycles. The minimum Gasteiger partial charge on any atom is -0.348 e. The van der Waals surface area contributed by atoms with Crippen molar-refractivity contribution in [3.8, 4) is 0 Å². The minimum atomic E-state index is 0.0643. The van der Waals surface area contributed by atoms with E-state index in [0.29, 0.717) is 12.5 Å². The lowest BCUT2D eigenvalue weighted by Gasteiger charge is -2.20. The summed E-state index contributed by atoms with van der Waals surface area (Å²) in [6.07, 6.45) is 1.18. The minimum absolute atomic E-state index is 0.0643. The van der Waals surface area contributed by atoms with Gasteiger partial charge in [-0.1, -0.05) is 24.3 Å². The Bertz CT molecular complexity index is 475. The van der Waals surface area contributed by atoms with E-state index in [1.807, 2.05) is 26.1 Å². The molecule has 4 heteroatoms. The zero-order valence-corrected chi connectivity index (χ0v) is 13.4. The standard InChI is InChI=1S/C17H27N3O/c1-13-6-4-5-7-16(13)14(2)19-17(21)12-20-9-8-15(11-20)10-18-3/h4-7,14-15,18H,8-12H2,1-3H3,(H,19,21). The SMILES string of the molecule is CNCC1CCN(CC(=O)NC(C)c2ccccc2C)C1. The summed E-state index contributed by atoms with van der Waals surface area (Å²) in [7, 11) is 1.99. The summed E-state index contributed by atoms with van der Waals surface area (Å²) in [6.45, 7) is 7.73. The van der Waals surface area contributed by atoms with Crippen LogP contribution in [0.15, 0.2) is 24.3 Å². The highest BCUT2D eigenvalue weighted by molar-refractivity contribution is 5.78. The van der Waals surface area contributed by atoms with Gasteiger partial charge < -0.3 is 10.6 Å². The van der Waals surface area contributed by atoms with Crippen molar-refractivity contribution in [2.45, 2.75) is 26.3 Å². The summed E-state index contributed by atoms with van der Waals surface area (Å²) in [5.74, 6) is 0.799. The lowest BCUT2D eigenvalue weighted by molar-refractivity contribution is -0.122. The number of benzene rings is 1. The zero-order valence-electron chi connectivity index (χ0n) is 13.4. The second kappa shape index (κ2) is 7.57. The number of amides is 1. The predicted octanol–water partition coefficient (Wildman–Crippen LogP) is 1.71. The summed E-state index contributed by atoms with van der Waals surface area (Å²) in [6, 6.07) is 8.28. The lowest BCUT2D eigenvalue weighted by Crippen LogP contribution is -2.37. The Morgan fingerprint density at radius 1 is 1.43 bits per heavy atom. The molecular weight excluding hydrogens is 262 g/mol. The van der Waals surface area contributed by atoms with Crippen molar-refractivity contribution in [1.82, 2.24) is 15.5 Å². The van der Waals surface area contributed by atoms with E-state index in [1.165, 1.54) is 17.5 Å². The van der Waals surface area contributed by atoms with Crippen molar-refractivity contribution in [3.63, 3.8) is 0 Å². The van der Waals surface area contributed by atoms with E-state index in [1.54, 1.807) is 0 Å². The Morgan fingerprint density at radius 3 is 2.90 bits per heavy atom. The number of nitrogens with one attached hydrogen (secondary N) is 2. The van der Waals surface area contributed by atoms with E-state index < -0.39 is 0 Å². The second-order valence-electron chi connectivity index (χ2n) is 6.09. The van der Waals surface area contributed by atoms with Gasteiger partial charge in [-0.05, 0) is 57.5 Å². The number of hydrogen-bond donors (Lipinski definition) is 2. The fourth-order valence-electron chi connectivity index (χ4n) is 3.15. The van der Waals surface area contributed by atoms with E-state index in [0.717, 1.165) is 19.6 Å². The summed E-state index contributed by atoms with van der Waals surface area (Å²) in [5.41, 5.74) is 2.42. The van der Waals surface area contributed by atoms with Gasteiger partial charge >= 0.3 is 0 Å². The van der Waals surface area contributed by atoms with Crippen molar-refractivity contribution in [1.29, 1.82) is 0 Å². The molecule has 2 unspecified atom stereocenters. The second-order valence-corrected chi connectivity index (χ2v) is 6.09. The first-order valence-corrected chi connectivity index (χ1v) is 7.82. The van der Waals surface area contributed by atoms with Gasteiger partial charge in [-0.2, -0.15) is 0 Å². The lowest BCUT2D eigenvalue weighted by atomic mass is 10.0. The fourth-order valence-corrected chi connectivity index (χ4v) is 3.15. The van der Waals surface area contributed by atoms with Crippen LogP contribution in [0.4, 0.5) is 0 Å². The Kier molecular flexibility index (Phi) is 5.76. The maximum Gasteiger partial charge on any atom is 0.234 e. The van der Waals surface area contributed by atoms with Crippen molar-refractivity contribution in [3.05, 3.63) is 35.4 Å². The van der Waals surface area contributed by atoms with Crippen LogP contribution in [0.5, 0.6) is 0 Å². The van der Waals surface area contributed by atoms with Crippen LogP contribution in [0.25, 0.3) is 0 Å². The van der Waals surface area contributed by atoms with Crippen molar-refractivity contribution in [2.75, 3.05) is 33.2 Å². The van der Waals surface area contributed by atoms with E-state index >= 15 is 0 Å². The molecule has 4 nitrogen and oxygen atoms in total. The first kappa shape index (κ1) is 16.0. The van der Waals surface area contributed by atoms with Crippen LogP contribution in [0.1, 0.15) is 30.5 Å². The van der Waals surface area contributed by atoms with E-state index in [4.69, 9.17) is 0 Å². The first-order chi connectivity index (χ1) is 10.1. The molecule has 0 radical (unpaired) electrons. The molecule has 116 valence electrons. The third-order valence-electron chi connectivity index (χ3n) is 4.26. The van der Waals surface area contributed by atoms with Crippen LogP contribution in [-0.4, -0.2) is 44.0 Å². The van der Waals surface area contributed by atoms with Gasteiger partial charge in [-0.25, -0.2) is 0 Å². The Labute approximate surface area is 127 Å². The highest BCUT2D eigenvalue weighted by Crippen LogP contribution is 2.17. The molecule has 1 aromatic carbocycles. The third kappa shape index (κ3) is 4.55. The summed E-state index contributed by atoms with van der Waals surface area (Å²) in [5, 5.41) is 6.33. The molecule has 1 heterocycles. The number of likely N-dealkylation sites (tertiary alicyclic amines) is 1. The van der Waals surface area contributed by atoms with Crippen LogP contribution in [0, 0.1) is 12.8 Å². The van der Waals surface area contributed by atoms with Gasteiger partial charge in [0.25, 0.3) is 0 Å². The number of carbonyl (C=O) groups excluding carboxylic acids is 1. The van der Waals surface area contributed by atoms with Crippen LogP contribution < -0.4 is 10.6 Å². The molecule has 0 bridgehead atoms. The molecule has 21 heavy (non-hydrogen) atoms. The average Bonchev–Trinajstić information content (AvgIpc) is 2.86. The molecule has 1 fully saturated rings. The quantitative estimate of drug-likeness (QED) is 0.838. The largest absolute Gasteiger partial charge is 0.348 e. The van der Waals surface area contributed by atoms with Crippen LogP contribution >= 0.6 is 0 Å². The molecular formula is C17H27N3O. The van der Waals surface area contributed by atoms with E-state index in [2.05, 4.69) is 34.6 Å². The Hall–Kier alpha value is -1.39. The van der Waals surface area contributed by atoms with Crippen molar-refractivity contribution in [2.24, 2.45) is 5.92 Å². The maximum atomic E-state index is 12.2. The number of rotatable bonds is 6. The molecule has 1 aromatic rings. The highest BCUT2D eigenvalue weighted by Gasteiger charge is 2.23. The van der Waals surface area contributed by atoms with Gasteiger partial charge in [0.05, 0.1) is 12.6 Å². The van der Waals surface area contributed by atoms with Crippen LogP contribution in [0.3, 0.4) is 0 Å². The molecule has 0 aliphatic carbocycles. The molecule has 1 saturated heterocycles. The summed E-state index contributed by atoms with van der Waals surface area (Å²) >= 11 is 0. The fraction of sp³-hybridized carbons (Fsp3) is 0.588. The predicted molar refractivity (Wildman–Crippen MR) is 86.2 cm³/mol. The average molecular weight is 289 g/mol. The molecule has 0 saturated carbocycles. The van der Waals surface area contributed by atoms with Gasteiger partial charge in [-0.15, -0.1) is 0 Å². The zero-order chi connectivity index (χ0) is 15.2. The monoisotopic (exact) mass is 289 g/mol. The topological polar surface area (TPSA) is 44.4 Å². The number of nitrogens with zero attached hydrogens (tertiary/aromatic N) is 1. The van der Waals surface area contributed by atoms with Gasteiger partial charge in [0.1, 0.15) is 0 Å². The third-order valence-corrected chi connectivity index (χ3v) is 4.26. The van der Waals surface area contributed by atoms with Gasteiger partial charge in [0.15, 0.2) is 0 Å². The molecule has 1 aliphatic rings. The number of hydrogen-bond acceptors (Lipinski definition) is 3. The van der Waals surface area contributed by atoms with Gasteiger partial charge in [0.2, 0.25) is 5.91 Å². The number of carbonyl (C=O) groups is 1. The molecule has 1 aliphatic heterocycles. The maximum absolute atomic E-state index is 12.2. The normalized spacial score (nSPS) is 20.4. The van der Waals surface area contributed by atoms with Gasteiger partial charge in [-0.3, -0.25) is 9.69 Å². The van der Waals surface area contributed by atoms with E-state index in [-0.39, 0.29) is 11.9 Å². The Morgan fingerprint density at radius 2 is 2.19 bits per heavy atom. The first-order valence-electron chi connectivity index (χ1n) is 7.82. The summed E-state index contributed by atoms with van der Waals surface area (Å²) < 4.78 is 0. The Balaban J connectivity index is 1.81. The highest BCUT2D eigenvalue weighted by atomic mass is 16.2. The summed E-state index contributed by atoms with van der Waals surface area (Å²) in [4.78, 5) is 14.4. The molecule has 2 rings (SSSR count). The molecule has 0 spiro atoms. The molecule has 2 atom stereocenters. The van der Waals surface area contributed by atoms with E-state index in [9.17, 15) is 4.79 Å². The smallest absolute Gasteiger partial charge is 0.234 e. The molecule has 1 amide bonds. The van der Waals surface area contributed by atoms with Crippen molar-refractivity contribution >= 4 is 5.91 Å². The molecule has 2 N–H and O–H groups in total. The van der Waals surface area contributed by atoms with Crippen molar-refractivity contribution < 1.29 is 4.79 Å². The van der Waals surface area contributed by atoms with Crippen LogP contribution in [-0.2, 0) is 4.79 Å². The number of aryl methyl sites for hydroxylation is 1.